The van der Waals surface area contributed by atoms with Crippen LogP contribution in [0.25, 0.3) is 0 Å². The van der Waals surface area contributed by atoms with Gasteiger partial charge in [-0.3, -0.25) is 9.67 Å². The Morgan fingerprint density at radius 3 is 2.22 bits per heavy atom. The quantitative estimate of drug-likeness (QED) is 0.308. The van der Waals surface area contributed by atoms with Gasteiger partial charge >= 0.3 is 0 Å². The fourth-order valence-electron chi connectivity index (χ4n) is 2.67. The van der Waals surface area contributed by atoms with Gasteiger partial charge in [0.2, 0.25) is 0 Å². The summed E-state index contributed by atoms with van der Waals surface area (Å²) in [5, 5.41) is 11.7. The standard InChI is InChI=1S/C20H22ClN5.HI/c1-22-20(24-14-17-8-4-5-10-19(17)21)23-13-16-7-2-3-9-18(16)15-26-12-6-11-25-26;/h2-12H,13-15H2,1H3,(H2,22,23,24);1H. The molecule has 0 bridgehead atoms. The van der Waals surface area contributed by atoms with E-state index in [9.17, 15) is 0 Å². The molecule has 0 amide bonds. The molecule has 0 spiro atoms. The van der Waals surface area contributed by atoms with Crippen LogP contribution < -0.4 is 10.6 Å². The number of hydrogen-bond acceptors (Lipinski definition) is 2. The first-order chi connectivity index (χ1) is 12.8. The van der Waals surface area contributed by atoms with Gasteiger partial charge in [0.25, 0.3) is 0 Å². The van der Waals surface area contributed by atoms with Crippen LogP contribution >= 0.6 is 35.6 Å². The minimum atomic E-state index is 0. The maximum atomic E-state index is 6.20. The Bertz CT molecular complexity index is 864. The topological polar surface area (TPSA) is 54.2 Å². The Kier molecular flexibility index (Phi) is 8.60. The minimum absolute atomic E-state index is 0. The molecular formula is C20H23ClIN5. The van der Waals surface area contributed by atoms with Crippen LogP contribution in [0.1, 0.15) is 16.7 Å². The molecule has 1 aromatic heterocycles. The monoisotopic (exact) mass is 495 g/mol. The molecule has 0 aliphatic heterocycles. The molecule has 2 aromatic carbocycles. The number of nitrogens with zero attached hydrogens (tertiary/aromatic N) is 3. The molecule has 142 valence electrons. The van der Waals surface area contributed by atoms with E-state index in [0.717, 1.165) is 23.1 Å². The molecule has 3 rings (SSSR count). The molecule has 0 saturated heterocycles. The first-order valence-electron chi connectivity index (χ1n) is 8.48. The number of nitrogens with one attached hydrogen (secondary N) is 2. The third-order valence-corrected chi connectivity index (χ3v) is 4.45. The lowest BCUT2D eigenvalue weighted by Gasteiger charge is -2.15. The van der Waals surface area contributed by atoms with E-state index in [0.29, 0.717) is 13.1 Å². The fourth-order valence-corrected chi connectivity index (χ4v) is 2.88. The van der Waals surface area contributed by atoms with Gasteiger partial charge in [0.05, 0.1) is 6.54 Å². The van der Waals surface area contributed by atoms with Crippen LogP contribution in [0.2, 0.25) is 5.02 Å². The average Bonchev–Trinajstić information content (AvgIpc) is 3.17. The third kappa shape index (κ3) is 6.25. The number of guanidine groups is 1. The van der Waals surface area contributed by atoms with Crippen molar-refractivity contribution in [2.45, 2.75) is 19.6 Å². The molecule has 27 heavy (non-hydrogen) atoms. The van der Waals surface area contributed by atoms with Gasteiger partial charge in [-0.05, 0) is 28.8 Å². The van der Waals surface area contributed by atoms with Crippen molar-refractivity contribution in [1.82, 2.24) is 20.4 Å². The zero-order valence-corrected chi connectivity index (χ0v) is 18.2. The van der Waals surface area contributed by atoms with Crippen molar-refractivity contribution in [1.29, 1.82) is 0 Å². The van der Waals surface area contributed by atoms with E-state index >= 15 is 0 Å². The van der Waals surface area contributed by atoms with Gasteiger partial charge < -0.3 is 10.6 Å². The molecule has 7 heteroatoms. The molecule has 0 aliphatic rings. The van der Waals surface area contributed by atoms with Crippen molar-refractivity contribution in [3.8, 4) is 0 Å². The summed E-state index contributed by atoms with van der Waals surface area (Å²) >= 11 is 6.20. The number of aromatic nitrogens is 2. The highest BCUT2D eigenvalue weighted by molar-refractivity contribution is 14.0. The summed E-state index contributed by atoms with van der Waals surface area (Å²) in [6, 6.07) is 18.1. The first kappa shape index (κ1) is 21.2. The van der Waals surface area contributed by atoms with Crippen LogP contribution in [0, 0.1) is 0 Å². The predicted octanol–water partition coefficient (Wildman–Crippen LogP) is 4.07. The normalized spacial score (nSPS) is 11.0. The smallest absolute Gasteiger partial charge is 0.191 e. The van der Waals surface area contributed by atoms with Gasteiger partial charge in [-0.25, -0.2) is 0 Å². The second-order valence-electron chi connectivity index (χ2n) is 5.84. The molecular weight excluding hydrogens is 473 g/mol. The van der Waals surface area contributed by atoms with Gasteiger partial charge in [-0.1, -0.05) is 54.1 Å². The predicted molar refractivity (Wildman–Crippen MR) is 122 cm³/mol. The highest BCUT2D eigenvalue weighted by Crippen LogP contribution is 2.14. The molecule has 5 nitrogen and oxygen atoms in total. The third-order valence-electron chi connectivity index (χ3n) is 4.08. The number of halogens is 2. The molecule has 0 aliphatic carbocycles. The summed E-state index contributed by atoms with van der Waals surface area (Å²) in [4.78, 5) is 4.29. The highest BCUT2D eigenvalue weighted by atomic mass is 127. The SMILES string of the molecule is CN=C(NCc1ccccc1Cl)NCc1ccccc1Cn1cccn1.I. The van der Waals surface area contributed by atoms with Crippen molar-refractivity contribution in [3.63, 3.8) is 0 Å². The second kappa shape index (κ2) is 10.9. The Balaban J connectivity index is 0.00000261. The summed E-state index contributed by atoms with van der Waals surface area (Å²) in [6.07, 6.45) is 3.76. The summed E-state index contributed by atoms with van der Waals surface area (Å²) in [5.74, 6) is 0.735. The van der Waals surface area contributed by atoms with Crippen molar-refractivity contribution >= 4 is 41.5 Å². The number of rotatable bonds is 6. The molecule has 0 radical (unpaired) electrons. The van der Waals surface area contributed by atoms with Crippen molar-refractivity contribution < 1.29 is 0 Å². The number of benzene rings is 2. The average molecular weight is 496 g/mol. The molecule has 0 fully saturated rings. The van der Waals surface area contributed by atoms with E-state index in [-0.39, 0.29) is 24.0 Å². The summed E-state index contributed by atoms with van der Waals surface area (Å²) in [7, 11) is 1.76. The molecule has 2 N–H and O–H groups in total. The van der Waals surface area contributed by atoms with E-state index in [1.54, 1.807) is 13.2 Å². The summed E-state index contributed by atoms with van der Waals surface area (Å²) in [5.41, 5.74) is 3.48. The molecule has 0 atom stereocenters. The van der Waals surface area contributed by atoms with Crippen molar-refractivity contribution in [2.75, 3.05) is 7.05 Å². The summed E-state index contributed by atoms with van der Waals surface area (Å²) < 4.78 is 1.92. The van der Waals surface area contributed by atoms with Crippen LogP contribution in [-0.4, -0.2) is 22.8 Å². The lowest BCUT2D eigenvalue weighted by Crippen LogP contribution is -2.36. The van der Waals surface area contributed by atoms with Gasteiger partial charge in [0, 0.05) is 37.6 Å². The lowest BCUT2D eigenvalue weighted by atomic mass is 10.1. The van der Waals surface area contributed by atoms with E-state index in [1.165, 1.54) is 11.1 Å². The van der Waals surface area contributed by atoms with Gasteiger partial charge in [0.15, 0.2) is 5.96 Å². The molecule has 0 unspecified atom stereocenters. The molecule has 0 saturated carbocycles. The highest BCUT2D eigenvalue weighted by Gasteiger charge is 2.05. The van der Waals surface area contributed by atoms with Crippen LogP contribution in [-0.2, 0) is 19.6 Å². The maximum absolute atomic E-state index is 6.20. The van der Waals surface area contributed by atoms with Crippen molar-refractivity contribution in [2.24, 2.45) is 4.99 Å². The second-order valence-corrected chi connectivity index (χ2v) is 6.25. The fraction of sp³-hybridized carbons (Fsp3) is 0.200. The Hall–Kier alpha value is -2.06. The largest absolute Gasteiger partial charge is 0.352 e. The van der Waals surface area contributed by atoms with E-state index in [4.69, 9.17) is 11.6 Å². The van der Waals surface area contributed by atoms with Crippen molar-refractivity contribution in [3.05, 3.63) is 88.7 Å². The Morgan fingerprint density at radius 2 is 1.59 bits per heavy atom. The molecule has 3 aromatic rings. The first-order valence-corrected chi connectivity index (χ1v) is 8.86. The molecule has 1 heterocycles. The zero-order chi connectivity index (χ0) is 18.2. The van der Waals surface area contributed by atoms with Crippen LogP contribution in [0.3, 0.4) is 0 Å². The van der Waals surface area contributed by atoms with E-state index in [1.807, 2.05) is 53.3 Å². The number of aliphatic imine (C=N–C) groups is 1. The van der Waals surface area contributed by atoms with Crippen LogP contribution in [0.4, 0.5) is 0 Å². The maximum Gasteiger partial charge on any atom is 0.191 e. The summed E-state index contributed by atoms with van der Waals surface area (Å²) in [6.45, 7) is 2.05. The van der Waals surface area contributed by atoms with Gasteiger partial charge in [-0.2, -0.15) is 5.10 Å². The Labute approximate surface area is 181 Å². The minimum Gasteiger partial charge on any atom is -0.352 e. The zero-order valence-electron chi connectivity index (χ0n) is 15.1. The van der Waals surface area contributed by atoms with E-state index in [2.05, 4.69) is 32.9 Å². The lowest BCUT2D eigenvalue weighted by molar-refractivity contribution is 0.677. The number of hydrogen-bond donors (Lipinski definition) is 2. The van der Waals surface area contributed by atoms with Crippen LogP contribution in [0.15, 0.2) is 72.0 Å². The Morgan fingerprint density at radius 1 is 0.963 bits per heavy atom. The van der Waals surface area contributed by atoms with E-state index < -0.39 is 0 Å². The van der Waals surface area contributed by atoms with Gasteiger partial charge in [-0.15, -0.1) is 24.0 Å². The van der Waals surface area contributed by atoms with Crippen LogP contribution in [0.5, 0.6) is 0 Å². The van der Waals surface area contributed by atoms with Gasteiger partial charge in [0.1, 0.15) is 0 Å².